The van der Waals surface area contributed by atoms with Gasteiger partial charge in [-0.15, -0.1) is 0 Å². The van der Waals surface area contributed by atoms with E-state index >= 15 is 0 Å². The molecule has 1 aromatic rings. The van der Waals surface area contributed by atoms with Gasteiger partial charge in [0.05, 0.1) is 0 Å². The van der Waals surface area contributed by atoms with E-state index < -0.39 is 0 Å². The van der Waals surface area contributed by atoms with Gasteiger partial charge < -0.3 is 5.32 Å². The van der Waals surface area contributed by atoms with Crippen LogP contribution in [-0.4, -0.2) is 0 Å². The van der Waals surface area contributed by atoms with Crippen molar-refractivity contribution < 1.29 is 0 Å². The highest BCUT2D eigenvalue weighted by Gasteiger charge is 2.33. The fourth-order valence-corrected chi connectivity index (χ4v) is 2.35. The number of hydrogen-bond donors (Lipinski definition) is 1. The Morgan fingerprint density at radius 1 is 1.40 bits per heavy atom. The molecule has 1 N–H and O–H groups in total. The first kappa shape index (κ1) is 10.5. The molecule has 0 atom stereocenters. The first-order valence-electron chi connectivity index (χ1n) is 4.89. The van der Waals surface area contributed by atoms with E-state index in [1.807, 2.05) is 6.08 Å². The van der Waals surface area contributed by atoms with Crippen molar-refractivity contribution in [1.82, 2.24) is 0 Å². The van der Waals surface area contributed by atoms with Crippen molar-refractivity contribution in [3.05, 3.63) is 46.6 Å². The highest BCUT2D eigenvalue weighted by atomic mass is 79.9. The van der Waals surface area contributed by atoms with Gasteiger partial charge in [-0.1, -0.05) is 49.0 Å². The van der Waals surface area contributed by atoms with Crippen LogP contribution < -0.4 is 5.32 Å². The van der Waals surface area contributed by atoms with E-state index in [1.165, 1.54) is 5.56 Å². The lowest BCUT2D eigenvalue weighted by molar-refractivity contribution is 0.656. The van der Waals surface area contributed by atoms with E-state index in [2.05, 4.69) is 60.4 Å². The first-order valence-corrected chi connectivity index (χ1v) is 5.69. The van der Waals surface area contributed by atoms with Gasteiger partial charge >= 0.3 is 0 Å². The number of anilines is 1. The largest absolute Gasteiger partial charge is 0.358 e. The maximum absolute atomic E-state index is 4.05. The number of allylic oxidation sites excluding steroid dienone is 1. The smallest absolute Gasteiger partial charge is 0.0435 e. The van der Waals surface area contributed by atoms with E-state index in [9.17, 15) is 0 Å². The Balaban J connectivity index is 2.67. The number of halogens is 1. The van der Waals surface area contributed by atoms with E-state index in [-0.39, 0.29) is 5.41 Å². The second-order valence-corrected chi connectivity index (χ2v) is 5.21. The van der Waals surface area contributed by atoms with E-state index in [4.69, 9.17) is 0 Å². The molecule has 2 heteroatoms. The van der Waals surface area contributed by atoms with Crippen LogP contribution in [0.1, 0.15) is 25.0 Å². The van der Waals surface area contributed by atoms with Crippen molar-refractivity contribution in [3.8, 4) is 0 Å². The summed E-state index contributed by atoms with van der Waals surface area (Å²) in [6.45, 7) is 12.2. The van der Waals surface area contributed by atoms with Gasteiger partial charge in [0.25, 0.3) is 0 Å². The molecule has 0 saturated heterocycles. The topological polar surface area (TPSA) is 12.0 Å². The van der Waals surface area contributed by atoms with E-state index in [0.717, 1.165) is 21.4 Å². The summed E-state index contributed by atoms with van der Waals surface area (Å²) in [6.07, 6.45) is 1.86. The minimum absolute atomic E-state index is 0.00616. The quantitative estimate of drug-likeness (QED) is 0.797. The van der Waals surface area contributed by atoms with Crippen molar-refractivity contribution in [2.24, 2.45) is 0 Å². The summed E-state index contributed by atoms with van der Waals surface area (Å²) in [7, 11) is 0. The third-order valence-electron chi connectivity index (χ3n) is 3.07. The lowest BCUT2D eigenvalue weighted by Gasteiger charge is -2.19. The zero-order valence-corrected chi connectivity index (χ0v) is 10.6. The molecule has 1 heterocycles. The summed E-state index contributed by atoms with van der Waals surface area (Å²) >= 11 is 3.53. The molecule has 0 unspecified atom stereocenters. The summed E-state index contributed by atoms with van der Waals surface area (Å²) in [5.41, 5.74) is 4.59. The number of fused-ring (bicyclic) bond motifs is 1. The molecular weight excluding hydrogens is 250 g/mol. The van der Waals surface area contributed by atoms with Crippen LogP contribution in [0, 0.1) is 0 Å². The van der Waals surface area contributed by atoms with Crippen LogP contribution in [0.5, 0.6) is 0 Å². The van der Waals surface area contributed by atoms with E-state index in [0.29, 0.717) is 0 Å². The monoisotopic (exact) mass is 263 g/mol. The van der Waals surface area contributed by atoms with Gasteiger partial charge in [0.1, 0.15) is 0 Å². The van der Waals surface area contributed by atoms with Crippen LogP contribution in [0.4, 0.5) is 5.69 Å². The minimum atomic E-state index is -0.00616. The van der Waals surface area contributed by atoms with Crippen LogP contribution >= 0.6 is 15.9 Å². The Hall–Kier alpha value is -1.02. The number of nitrogens with one attached hydrogen (secondary N) is 1. The van der Waals surface area contributed by atoms with Crippen LogP contribution in [0.2, 0.25) is 0 Å². The zero-order valence-electron chi connectivity index (χ0n) is 9.02. The fraction of sp³-hybridized carbons (Fsp3) is 0.231. The molecule has 0 spiro atoms. The predicted octanol–water partition coefficient (Wildman–Crippen LogP) is 4.31. The van der Waals surface area contributed by atoms with Crippen molar-refractivity contribution in [1.29, 1.82) is 0 Å². The molecule has 1 aliphatic rings. The third-order valence-corrected chi connectivity index (χ3v) is 3.76. The van der Waals surface area contributed by atoms with Crippen LogP contribution in [-0.2, 0) is 5.41 Å². The zero-order chi connectivity index (χ0) is 11.2. The average Bonchev–Trinajstić information content (AvgIpc) is 2.37. The Morgan fingerprint density at radius 3 is 2.67 bits per heavy atom. The average molecular weight is 264 g/mol. The van der Waals surface area contributed by atoms with Crippen molar-refractivity contribution in [2.75, 3.05) is 5.32 Å². The number of rotatable bonds is 1. The highest BCUT2D eigenvalue weighted by molar-refractivity contribution is 9.10. The molecule has 0 aromatic heterocycles. The maximum Gasteiger partial charge on any atom is 0.0435 e. The van der Waals surface area contributed by atoms with Crippen molar-refractivity contribution in [2.45, 2.75) is 19.3 Å². The summed E-state index contributed by atoms with van der Waals surface area (Å²) in [5.74, 6) is 0. The molecule has 0 aliphatic carbocycles. The Kier molecular flexibility index (Phi) is 2.27. The van der Waals surface area contributed by atoms with Gasteiger partial charge in [0.15, 0.2) is 0 Å². The lowest BCUT2D eigenvalue weighted by atomic mass is 9.84. The van der Waals surface area contributed by atoms with Gasteiger partial charge in [-0.05, 0) is 23.3 Å². The Bertz CT molecular complexity index is 458. The minimum Gasteiger partial charge on any atom is -0.358 e. The first-order chi connectivity index (χ1) is 6.96. The van der Waals surface area contributed by atoms with Gasteiger partial charge in [-0.25, -0.2) is 0 Å². The molecule has 2 rings (SSSR count). The van der Waals surface area contributed by atoms with Crippen molar-refractivity contribution >= 4 is 27.7 Å². The molecule has 1 nitrogen and oxygen atoms in total. The second kappa shape index (κ2) is 3.24. The van der Waals surface area contributed by atoms with Gasteiger partial charge in [-0.3, -0.25) is 0 Å². The molecule has 0 fully saturated rings. The predicted molar refractivity (Wildman–Crippen MR) is 70.0 cm³/mol. The Morgan fingerprint density at radius 2 is 2.07 bits per heavy atom. The molecule has 1 aliphatic heterocycles. The summed E-state index contributed by atoms with van der Waals surface area (Å²) in [4.78, 5) is 0. The number of benzene rings is 1. The Labute approximate surface area is 99.0 Å². The third kappa shape index (κ3) is 1.44. The fourth-order valence-electron chi connectivity index (χ4n) is 1.85. The molecule has 0 radical (unpaired) electrons. The van der Waals surface area contributed by atoms with E-state index in [1.54, 1.807) is 0 Å². The van der Waals surface area contributed by atoms with Crippen LogP contribution in [0.3, 0.4) is 0 Å². The number of hydrogen-bond acceptors (Lipinski definition) is 1. The molecule has 0 saturated carbocycles. The molecule has 78 valence electrons. The van der Waals surface area contributed by atoms with Gasteiger partial charge in [-0.2, -0.15) is 0 Å². The van der Waals surface area contributed by atoms with Crippen LogP contribution in [0.25, 0.3) is 6.08 Å². The molecule has 15 heavy (non-hydrogen) atoms. The SMILES string of the molecule is C=Cc1cc2c(cc1Br)NC(=C)C2(C)C. The molecule has 1 aromatic carbocycles. The summed E-state index contributed by atoms with van der Waals surface area (Å²) in [6, 6.07) is 4.25. The van der Waals surface area contributed by atoms with Gasteiger partial charge in [0, 0.05) is 21.3 Å². The highest BCUT2D eigenvalue weighted by Crippen LogP contribution is 2.44. The van der Waals surface area contributed by atoms with Crippen molar-refractivity contribution in [3.63, 3.8) is 0 Å². The second-order valence-electron chi connectivity index (χ2n) is 4.35. The van der Waals surface area contributed by atoms with Crippen LogP contribution in [0.15, 0.2) is 35.5 Å². The lowest BCUT2D eigenvalue weighted by Crippen LogP contribution is -2.16. The molecule has 0 amide bonds. The normalized spacial score (nSPS) is 17.1. The molecular formula is C13H14BrN. The summed E-state index contributed by atoms with van der Waals surface area (Å²) < 4.78 is 1.06. The molecule has 0 bridgehead atoms. The summed E-state index contributed by atoms with van der Waals surface area (Å²) in [5, 5.41) is 3.32. The standard InChI is InChI=1S/C13H14BrN/c1-5-9-6-10-12(7-11(9)14)15-8(2)13(10,3)4/h5-7,15H,1-2H2,3-4H3. The van der Waals surface area contributed by atoms with Gasteiger partial charge in [0.2, 0.25) is 0 Å². The maximum atomic E-state index is 4.05.